The number of ether oxygens (including phenoxy) is 1. The van der Waals surface area contributed by atoms with Gasteiger partial charge in [-0.25, -0.2) is 0 Å². The summed E-state index contributed by atoms with van der Waals surface area (Å²) in [6, 6.07) is 0. The molecule has 0 aliphatic carbocycles. The van der Waals surface area contributed by atoms with Crippen molar-refractivity contribution in [2.24, 2.45) is 12.8 Å². The molecular weight excluding hydrogens is 232 g/mol. The van der Waals surface area contributed by atoms with Crippen LogP contribution >= 0.6 is 0 Å². The summed E-state index contributed by atoms with van der Waals surface area (Å²) in [7, 11) is 1.85. The molecule has 18 heavy (non-hydrogen) atoms. The molecule has 0 radical (unpaired) electrons. The van der Waals surface area contributed by atoms with Gasteiger partial charge in [0.05, 0.1) is 17.1 Å². The van der Waals surface area contributed by atoms with Gasteiger partial charge in [0.25, 0.3) is 0 Å². The number of carbonyl (C=O) groups is 1. The number of anilines is 1. The number of rotatable bonds is 2. The van der Waals surface area contributed by atoms with Crippen LogP contribution in [0.15, 0.2) is 0 Å². The summed E-state index contributed by atoms with van der Waals surface area (Å²) in [4.78, 5) is 12.3. The maximum Gasteiger partial charge on any atom is 0.244 e. The van der Waals surface area contributed by atoms with Gasteiger partial charge in [-0.05, 0) is 26.7 Å². The third kappa shape index (κ3) is 2.26. The third-order valence-corrected chi connectivity index (χ3v) is 3.58. The molecular formula is C12H20N4O2. The fraction of sp³-hybridized carbons (Fsp3) is 0.667. The molecule has 6 heteroatoms. The smallest absolute Gasteiger partial charge is 0.244 e. The molecule has 100 valence electrons. The van der Waals surface area contributed by atoms with E-state index in [2.05, 4.69) is 10.4 Å². The Morgan fingerprint density at radius 3 is 2.56 bits per heavy atom. The van der Waals surface area contributed by atoms with Gasteiger partial charge < -0.3 is 15.8 Å². The monoisotopic (exact) mass is 252 g/mol. The van der Waals surface area contributed by atoms with E-state index in [1.54, 1.807) is 4.68 Å². The second-order valence-electron chi connectivity index (χ2n) is 4.89. The Morgan fingerprint density at radius 1 is 1.44 bits per heavy atom. The predicted octanol–water partition coefficient (Wildman–Crippen LogP) is 0.483. The van der Waals surface area contributed by atoms with E-state index in [1.807, 2.05) is 20.9 Å². The quantitative estimate of drug-likeness (QED) is 0.802. The molecule has 1 saturated heterocycles. The van der Waals surface area contributed by atoms with E-state index in [1.165, 1.54) is 0 Å². The number of nitrogens with two attached hydrogens (primary N) is 1. The van der Waals surface area contributed by atoms with Gasteiger partial charge in [-0.1, -0.05) is 0 Å². The van der Waals surface area contributed by atoms with E-state index in [0.717, 1.165) is 17.1 Å². The number of aryl methyl sites for hydroxylation is 2. The molecule has 1 aliphatic rings. The van der Waals surface area contributed by atoms with Crippen LogP contribution in [0, 0.1) is 13.8 Å². The van der Waals surface area contributed by atoms with Gasteiger partial charge in [0.1, 0.15) is 5.54 Å². The molecule has 0 atom stereocenters. The minimum atomic E-state index is -0.826. The van der Waals surface area contributed by atoms with Crippen LogP contribution in [0.5, 0.6) is 0 Å². The summed E-state index contributed by atoms with van der Waals surface area (Å²) < 4.78 is 6.99. The molecule has 0 bridgehead atoms. The van der Waals surface area contributed by atoms with Gasteiger partial charge >= 0.3 is 0 Å². The highest BCUT2D eigenvalue weighted by Gasteiger charge is 2.36. The fourth-order valence-corrected chi connectivity index (χ4v) is 2.16. The SMILES string of the molecule is Cc1nn(C)c(C)c1NC(=O)C1(N)CCOCC1. The van der Waals surface area contributed by atoms with Crippen LogP contribution in [0.25, 0.3) is 0 Å². The average molecular weight is 252 g/mol. The molecule has 0 unspecified atom stereocenters. The lowest BCUT2D eigenvalue weighted by atomic mass is 9.90. The molecule has 1 aliphatic heterocycles. The lowest BCUT2D eigenvalue weighted by molar-refractivity contribution is -0.124. The zero-order valence-corrected chi connectivity index (χ0v) is 11.1. The summed E-state index contributed by atoms with van der Waals surface area (Å²) in [6.07, 6.45) is 1.11. The molecule has 0 spiro atoms. The molecule has 2 heterocycles. The highest BCUT2D eigenvalue weighted by molar-refractivity contribution is 5.98. The maximum atomic E-state index is 12.3. The van der Waals surface area contributed by atoms with Gasteiger partial charge in [-0.2, -0.15) is 5.10 Å². The Labute approximate surface area is 106 Å². The van der Waals surface area contributed by atoms with Crippen molar-refractivity contribution in [3.05, 3.63) is 11.4 Å². The molecule has 6 nitrogen and oxygen atoms in total. The number of aromatic nitrogens is 2. The average Bonchev–Trinajstić information content (AvgIpc) is 2.57. The van der Waals surface area contributed by atoms with Crippen molar-refractivity contribution < 1.29 is 9.53 Å². The Bertz CT molecular complexity index is 461. The lowest BCUT2D eigenvalue weighted by Gasteiger charge is -2.31. The number of hydrogen-bond donors (Lipinski definition) is 2. The van der Waals surface area contributed by atoms with Crippen molar-refractivity contribution in [3.8, 4) is 0 Å². The Kier molecular flexibility index (Phi) is 3.41. The topological polar surface area (TPSA) is 82.2 Å². The van der Waals surface area contributed by atoms with Gasteiger partial charge in [-0.3, -0.25) is 9.48 Å². The Hall–Kier alpha value is -1.40. The molecule has 1 aromatic rings. The summed E-state index contributed by atoms with van der Waals surface area (Å²) in [6.45, 7) is 4.86. The molecule has 3 N–H and O–H groups in total. The van der Waals surface area contributed by atoms with Gasteiger partial charge in [0, 0.05) is 20.3 Å². The number of amides is 1. The number of carbonyl (C=O) groups excluding carboxylic acids is 1. The van der Waals surface area contributed by atoms with Crippen LogP contribution in [-0.2, 0) is 16.6 Å². The van der Waals surface area contributed by atoms with Gasteiger partial charge in [-0.15, -0.1) is 0 Å². The minimum Gasteiger partial charge on any atom is -0.381 e. The molecule has 0 saturated carbocycles. The summed E-state index contributed by atoms with van der Waals surface area (Å²) in [5, 5.41) is 7.17. The van der Waals surface area contributed by atoms with E-state index >= 15 is 0 Å². The normalized spacial score (nSPS) is 18.7. The van der Waals surface area contributed by atoms with Crippen molar-refractivity contribution in [2.45, 2.75) is 32.2 Å². The molecule has 1 amide bonds. The second kappa shape index (κ2) is 4.70. The standard InChI is InChI=1S/C12H20N4O2/c1-8-10(9(2)16(3)15-8)14-11(17)12(13)4-6-18-7-5-12/h4-7,13H2,1-3H3,(H,14,17). The minimum absolute atomic E-state index is 0.148. The van der Waals surface area contributed by atoms with Crippen LogP contribution in [0.1, 0.15) is 24.2 Å². The molecule has 2 rings (SSSR count). The van der Waals surface area contributed by atoms with Crippen molar-refractivity contribution >= 4 is 11.6 Å². The van der Waals surface area contributed by atoms with Crippen LogP contribution in [0.3, 0.4) is 0 Å². The van der Waals surface area contributed by atoms with Crippen molar-refractivity contribution in [3.63, 3.8) is 0 Å². The molecule has 1 aromatic heterocycles. The van der Waals surface area contributed by atoms with Crippen LogP contribution in [-0.4, -0.2) is 34.4 Å². The highest BCUT2D eigenvalue weighted by atomic mass is 16.5. The van der Waals surface area contributed by atoms with E-state index in [4.69, 9.17) is 10.5 Å². The highest BCUT2D eigenvalue weighted by Crippen LogP contribution is 2.23. The van der Waals surface area contributed by atoms with Crippen LogP contribution < -0.4 is 11.1 Å². The largest absolute Gasteiger partial charge is 0.381 e. The van der Waals surface area contributed by atoms with E-state index in [-0.39, 0.29) is 5.91 Å². The third-order valence-electron chi connectivity index (χ3n) is 3.58. The van der Waals surface area contributed by atoms with Crippen LogP contribution in [0.2, 0.25) is 0 Å². The summed E-state index contributed by atoms with van der Waals surface area (Å²) >= 11 is 0. The first kappa shape index (κ1) is 13.0. The van der Waals surface area contributed by atoms with E-state index in [9.17, 15) is 4.79 Å². The van der Waals surface area contributed by atoms with Crippen LogP contribution in [0.4, 0.5) is 5.69 Å². The zero-order chi connectivity index (χ0) is 13.3. The van der Waals surface area contributed by atoms with Crippen molar-refractivity contribution in [1.82, 2.24) is 9.78 Å². The summed E-state index contributed by atoms with van der Waals surface area (Å²) in [5.41, 5.74) is 7.81. The number of hydrogen-bond acceptors (Lipinski definition) is 4. The van der Waals surface area contributed by atoms with Crippen molar-refractivity contribution in [1.29, 1.82) is 0 Å². The predicted molar refractivity (Wildman–Crippen MR) is 68.3 cm³/mol. The second-order valence-corrected chi connectivity index (χ2v) is 4.89. The molecule has 0 aromatic carbocycles. The van der Waals surface area contributed by atoms with Crippen molar-refractivity contribution in [2.75, 3.05) is 18.5 Å². The number of nitrogens with one attached hydrogen (secondary N) is 1. The number of nitrogens with zero attached hydrogens (tertiary/aromatic N) is 2. The zero-order valence-electron chi connectivity index (χ0n) is 11.1. The van der Waals surface area contributed by atoms with E-state index < -0.39 is 5.54 Å². The van der Waals surface area contributed by atoms with Gasteiger partial charge in [0.15, 0.2) is 0 Å². The first-order chi connectivity index (χ1) is 8.44. The first-order valence-electron chi connectivity index (χ1n) is 6.12. The lowest BCUT2D eigenvalue weighted by Crippen LogP contribution is -2.54. The summed E-state index contributed by atoms with van der Waals surface area (Å²) in [5.74, 6) is -0.148. The van der Waals surface area contributed by atoms with E-state index in [0.29, 0.717) is 26.1 Å². The molecule has 1 fully saturated rings. The Morgan fingerprint density at radius 2 is 2.06 bits per heavy atom. The fourth-order valence-electron chi connectivity index (χ4n) is 2.16. The maximum absolute atomic E-state index is 12.3. The first-order valence-corrected chi connectivity index (χ1v) is 6.12. The van der Waals surface area contributed by atoms with Gasteiger partial charge in [0.2, 0.25) is 5.91 Å². The Balaban J connectivity index is 2.16.